The Morgan fingerprint density at radius 3 is 3.00 bits per heavy atom. The molecule has 5 nitrogen and oxygen atoms in total. The predicted molar refractivity (Wildman–Crippen MR) is 108 cm³/mol. The van der Waals surface area contributed by atoms with Gasteiger partial charge in [0.05, 0.1) is 6.42 Å². The number of ether oxygens (including phenoxy) is 2. The van der Waals surface area contributed by atoms with Crippen LogP contribution in [0, 0.1) is 6.92 Å². The van der Waals surface area contributed by atoms with Crippen LogP contribution in [-0.2, 0) is 24.1 Å². The van der Waals surface area contributed by atoms with Gasteiger partial charge >= 0.3 is 0 Å². The average Bonchev–Trinajstić information content (AvgIpc) is 3.26. The molecule has 1 amide bonds. The lowest BCUT2D eigenvalue weighted by Gasteiger charge is -2.23. The van der Waals surface area contributed by atoms with Crippen molar-refractivity contribution in [1.29, 1.82) is 0 Å². The van der Waals surface area contributed by atoms with Crippen molar-refractivity contribution < 1.29 is 14.3 Å². The van der Waals surface area contributed by atoms with Crippen molar-refractivity contribution in [3.63, 3.8) is 0 Å². The second kappa shape index (κ2) is 6.74. The summed E-state index contributed by atoms with van der Waals surface area (Å²) >= 11 is 6.27. The Morgan fingerprint density at radius 1 is 1.25 bits per heavy atom. The van der Waals surface area contributed by atoms with Crippen molar-refractivity contribution in [3.05, 3.63) is 57.7 Å². The predicted octanol–water partition coefficient (Wildman–Crippen LogP) is 4.07. The van der Waals surface area contributed by atoms with E-state index in [2.05, 4.69) is 17.2 Å². The molecule has 1 atom stereocenters. The normalized spacial score (nSPS) is 17.6. The van der Waals surface area contributed by atoms with Crippen molar-refractivity contribution in [3.8, 4) is 11.5 Å². The number of carbonyl (C=O) groups is 1. The topological polar surface area (TPSA) is 63.4 Å². The number of amides is 1. The zero-order valence-electron chi connectivity index (χ0n) is 15.6. The largest absolute Gasteiger partial charge is 0.454 e. The Labute approximate surface area is 168 Å². The molecule has 2 N–H and O–H groups in total. The van der Waals surface area contributed by atoms with E-state index in [1.807, 2.05) is 30.3 Å². The van der Waals surface area contributed by atoms with Crippen LogP contribution < -0.4 is 14.8 Å². The molecule has 1 aromatic heterocycles. The SMILES string of the molecule is Cc1cc(Cl)cc2c3c([nH]c12)CCC(NC(=O)Cc1ccc2c(c1)OCO2)C3. The zero-order chi connectivity index (χ0) is 19.3. The molecule has 0 saturated heterocycles. The second-order valence-electron chi connectivity index (χ2n) is 7.60. The number of aromatic amines is 1. The zero-order valence-corrected chi connectivity index (χ0v) is 16.4. The number of halogens is 1. The van der Waals surface area contributed by atoms with Crippen molar-refractivity contribution in [2.24, 2.45) is 0 Å². The maximum Gasteiger partial charge on any atom is 0.231 e. The van der Waals surface area contributed by atoms with Gasteiger partial charge in [-0.3, -0.25) is 4.79 Å². The van der Waals surface area contributed by atoms with Crippen LogP contribution >= 0.6 is 11.6 Å². The summed E-state index contributed by atoms with van der Waals surface area (Å²) < 4.78 is 10.7. The first-order valence-electron chi connectivity index (χ1n) is 9.54. The molecule has 1 unspecified atom stereocenters. The number of carbonyl (C=O) groups excluding carboxylic acids is 1. The molecule has 1 aliphatic carbocycles. The Balaban J connectivity index is 1.30. The Bertz CT molecular complexity index is 1090. The van der Waals surface area contributed by atoms with Crippen molar-refractivity contribution in [2.45, 2.75) is 38.6 Å². The van der Waals surface area contributed by atoms with Gasteiger partial charge in [0.15, 0.2) is 11.5 Å². The summed E-state index contributed by atoms with van der Waals surface area (Å²) in [5.41, 5.74) is 5.77. The van der Waals surface area contributed by atoms with Gasteiger partial charge in [0, 0.05) is 27.7 Å². The van der Waals surface area contributed by atoms with E-state index >= 15 is 0 Å². The first-order chi connectivity index (χ1) is 13.6. The monoisotopic (exact) mass is 396 g/mol. The van der Waals surface area contributed by atoms with E-state index in [0.29, 0.717) is 12.2 Å². The third-order valence-corrected chi connectivity index (χ3v) is 5.84. The van der Waals surface area contributed by atoms with Gasteiger partial charge in [-0.05, 0) is 67.1 Å². The highest BCUT2D eigenvalue weighted by Crippen LogP contribution is 2.34. The molecule has 6 heteroatoms. The van der Waals surface area contributed by atoms with Gasteiger partial charge in [-0.25, -0.2) is 0 Å². The maximum atomic E-state index is 12.6. The van der Waals surface area contributed by atoms with Gasteiger partial charge in [0.2, 0.25) is 12.7 Å². The number of aromatic nitrogens is 1. The summed E-state index contributed by atoms with van der Waals surface area (Å²) in [6.07, 6.45) is 3.01. The third-order valence-electron chi connectivity index (χ3n) is 5.63. The van der Waals surface area contributed by atoms with Crippen LogP contribution in [0.3, 0.4) is 0 Å². The molecule has 0 bridgehead atoms. The molecular formula is C22H21ClN2O3. The molecule has 0 radical (unpaired) electrons. The second-order valence-corrected chi connectivity index (χ2v) is 8.04. The fourth-order valence-corrected chi connectivity index (χ4v) is 4.56. The number of benzene rings is 2. The lowest BCUT2D eigenvalue weighted by molar-refractivity contribution is -0.121. The highest BCUT2D eigenvalue weighted by molar-refractivity contribution is 6.31. The van der Waals surface area contributed by atoms with Gasteiger partial charge in [-0.15, -0.1) is 0 Å². The van der Waals surface area contributed by atoms with Crippen molar-refractivity contribution >= 4 is 28.4 Å². The highest BCUT2D eigenvalue weighted by atomic mass is 35.5. The molecule has 0 saturated carbocycles. The summed E-state index contributed by atoms with van der Waals surface area (Å²) in [4.78, 5) is 16.1. The van der Waals surface area contributed by atoms with E-state index < -0.39 is 0 Å². The van der Waals surface area contributed by atoms with Crippen LogP contribution in [0.5, 0.6) is 11.5 Å². The van der Waals surface area contributed by atoms with Crippen LogP contribution in [-0.4, -0.2) is 23.7 Å². The van der Waals surface area contributed by atoms with E-state index in [1.165, 1.54) is 16.6 Å². The number of aryl methyl sites for hydroxylation is 2. The Hall–Kier alpha value is -2.66. The van der Waals surface area contributed by atoms with Gasteiger partial charge in [-0.1, -0.05) is 17.7 Å². The number of H-pyrrole nitrogens is 1. The van der Waals surface area contributed by atoms with Crippen molar-refractivity contribution in [2.75, 3.05) is 6.79 Å². The molecule has 28 heavy (non-hydrogen) atoms. The number of rotatable bonds is 3. The van der Waals surface area contributed by atoms with Gasteiger partial charge in [-0.2, -0.15) is 0 Å². The molecule has 5 rings (SSSR count). The minimum Gasteiger partial charge on any atom is -0.454 e. The van der Waals surface area contributed by atoms with Gasteiger partial charge < -0.3 is 19.8 Å². The number of nitrogens with one attached hydrogen (secondary N) is 2. The Kier molecular flexibility index (Phi) is 4.20. The first-order valence-corrected chi connectivity index (χ1v) is 9.92. The smallest absolute Gasteiger partial charge is 0.231 e. The fraction of sp³-hybridized carbons (Fsp3) is 0.318. The summed E-state index contributed by atoms with van der Waals surface area (Å²) in [5.74, 6) is 1.47. The third kappa shape index (κ3) is 3.10. The van der Waals surface area contributed by atoms with Crippen LogP contribution in [0.4, 0.5) is 0 Å². The fourth-order valence-electron chi connectivity index (χ4n) is 4.29. The molecule has 0 spiro atoms. The van der Waals surface area contributed by atoms with Crippen LogP contribution in [0.25, 0.3) is 10.9 Å². The van der Waals surface area contributed by atoms with E-state index in [4.69, 9.17) is 21.1 Å². The summed E-state index contributed by atoms with van der Waals surface area (Å²) in [6, 6.07) is 9.79. The summed E-state index contributed by atoms with van der Waals surface area (Å²) in [5, 5.41) is 5.13. The summed E-state index contributed by atoms with van der Waals surface area (Å²) in [6.45, 7) is 2.31. The molecular weight excluding hydrogens is 376 g/mol. The number of hydrogen-bond donors (Lipinski definition) is 2. The average molecular weight is 397 g/mol. The number of hydrogen-bond acceptors (Lipinski definition) is 3. The summed E-state index contributed by atoms with van der Waals surface area (Å²) in [7, 11) is 0. The van der Waals surface area contributed by atoms with Crippen LogP contribution in [0.2, 0.25) is 5.02 Å². The molecule has 2 heterocycles. The lowest BCUT2D eigenvalue weighted by atomic mass is 9.91. The highest BCUT2D eigenvalue weighted by Gasteiger charge is 2.24. The number of fused-ring (bicyclic) bond motifs is 4. The Morgan fingerprint density at radius 2 is 2.11 bits per heavy atom. The van der Waals surface area contributed by atoms with Gasteiger partial charge in [0.1, 0.15) is 0 Å². The van der Waals surface area contributed by atoms with E-state index in [1.54, 1.807) is 0 Å². The molecule has 0 fully saturated rings. The molecule has 2 aromatic carbocycles. The minimum absolute atomic E-state index is 0.0290. The first kappa shape index (κ1) is 17.4. The molecule has 2 aliphatic rings. The molecule has 1 aliphatic heterocycles. The van der Waals surface area contributed by atoms with E-state index in [0.717, 1.165) is 46.7 Å². The molecule has 144 valence electrons. The standard InChI is InChI=1S/C22H21ClN2O3/c1-12-6-14(23)9-17-16-10-15(3-4-18(16)25-22(12)17)24-21(26)8-13-2-5-19-20(7-13)28-11-27-19/h2,5-7,9,15,25H,3-4,8,10-11H2,1H3,(H,24,26). The van der Waals surface area contributed by atoms with Gasteiger partial charge in [0.25, 0.3) is 0 Å². The maximum absolute atomic E-state index is 12.6. The quantitative estimate of drug-likeness (QED) is 0.701. The van der Waals surface area contributed by atoms with Crippen LogP contribution in [0.15, 0.2) is 30.3 Å². The minimum atomic E-state index is 0.0290. The lowest BCUT2D eigenvalue weighted by Crippen LogP contribution is -2.39. The van der Waals surface area contributed by atoms with Crippen LogP contribution in [0.1, 0.15) is 28.8 Å². The molecule has 3 aromatic rings. The van der Waals surface area contributed by atoms with E-state index in [-0.39, 0.29) is 18.7 Å². The van der Waals surface area contributed by atoms with E-state index in [9.17, 15) is 4.79 Å². The van der Waals surface area contributed by atoms with Crippen molar-refractivity contribution in [1.82, 2.24) is 10.3 Å².